The minimum absolute atomic E-state index is 0.0184. The van der Waals surface area contributed by atoms with Crippen molar-refractivity contribution in [3.05, 3.63) is 28.5 Å². The van der Waals surface area contributed by atoms with Crippen LogP contribution in [0.5, 0.6) is 0 Å². The summed E-state index contributed by atoms with van der Waals surface area (Å²) in [4.78, 5) is 16.2. The number of carbonyl (C=O) groups excluding carboxylic acids is 1. The molecule has 19 heavy (non-hydrogen) atoms. The standard InChI is InChI=1S/C14H18BrN3O/c15-11-6-10(8-16-9-11)13(19)18-12-2-5-17-14(7-12)3-1-4-14/h6,8-9,12,17H,1-5,7H2,(H,18,19). The molecule has 5 heteroatoms. The molecule has 1 saturated carbocycles. The van der Waals surface area contributed by atoms with E-state index < -0.39 is 0 Å². The van der Waals surface area contributed by atoms with Gasteiger partial charge in [-0.05, 0) is 60.6 Å². The molecule has 1 aliphatic carbocycles. The van der Waals surface area contributed by atoms with Crippen molar-refractivity contribution in [3.63, 3.8) is 0 Å². The number of carbonyl (C=O) groups is 1. The van der Waals surface area contributed by atoms with Gasteiger partial charge in [0.1, 0.15) is 0 Å². The van der Waals surface area contributed by atoms with Gasteiger partial charge in [-0.3, -0.25) is 9.78 Å². The van der Waals surface area contributed by atoms with Gasteiger partial charge < -0.3 is 10.6 Å². The van der Waals surface area contributed by atoms with Gasteiger partial charge in [-0.2, -0.15) is 0 Å². The topological polar surface area (TPSA) is 54.0 Å². The average molecular weight is 324 g/mol. The van der Waals surface area contributed by atoms with Crippen LogP contribution in [-0.2, 0) is 0 Å². The molecule has 4 nitrogen and oxygen atoms in total. The lowest BCUT2D eigenvalue weighted by molar-refractivity contribution is 0.0852. The fraction of sp³-hybridized carbons (Fsp3) is 0.571. The highest BCUT2D eigenvalue weighted by Gasteiger charge is 2.41. The minimum atomic E-state index is -0.0184. The zero-order chi connectivity index (χ0) is 13.3. The van der Waals surface area contributed by atoms with Crippen LogP contribution in [0.2, 0.25) is 0 Å². The van der Waals surface area contributed by atoms with Crippen LogP contribution >= 0.6 is 15.9 Å². The summed E-state index contributed by atoms with van der Waals surface area (Å²) in [6, 6.07) is 2.09. The summed E-state index contributed by atoms with van der Waals surface area (Å²) in [6.45, 7) is 1.00. The predicted octanol–water partition coefficient (Wildman–Crippen LogP) is 2.25. The van der Waals surface area contributed by atoms with E-state index >= 15 is 0 Å². The molecule has 2 N–H and O–H groups in total. The van der Waals surface area contributed by atoms with E-state index in [0.717, 1.165) is 23.9 Å². The highest BCUT2D eigenvalue weighted by Crippen LogP contribution is 2.38. The molecule has 3 rings (SSSR count). The Hall–Kier alpha value is -0.940. The SMILES string of the molecule is O=C(NC1CCNC2(CCC2)C1)c1cncc(Br)c1. The van der Waals surface area contributed by atoms with E-state index in [2.05, 4.69) is 31.5 Å². The van der Waals surface area contributed by atoms with E-state index in [1.54, 1.807) is 12.4 Å². The van der Waals surface area contributed by atoms with Gasteiger partial charge >= 0.3 is 0 Å². The first-order valence-corrected chi connectivity index (χ1v) is 7.63. The number of hydrogen-bond acceptors (Lipinski definition) is 3. The maximum absolute atomic E-state index is 12.2. The van der Waals surface area contributed by atoms with Crippen molar-refractivity contribution in [2.45, 2.75) is 43.7 Å². The zero-order valence-corrected chi connectivity index (χ0v) is 12.4. The molecule has 2 fully saturated rings. The van der Waals surface area contributed by atoms with Crippen LogP contribution in [0.1, 0.15) is 42.5 Å². The van der Waals surface area contributed by atoms with Crippen LogP contribution < -0.4 is 10.6 Å². The van der Waals surface area contributed by atoms with Crippen LogP contribution in [0.3, 0.4) is 0 Å². The highest BCUT2D eigenvalue weighted by molar-refractivity contribution is 9.10. The molecule has 0 aromatic carbocycles. The van der Waals surface area contributed by atoms with Crippen molar-refractivity contribution >= 4 is 21.8 Å². The van der Waals surface area contributed by atoms with Crippen molar-refractivity contribution < 1.29 is 4.79 Å². The van der Waals surface area contributed by atoms with Crippen LogP contribution in [0.4, 0.5) is 0 Å². The number of amides is 1. The molecular formula is C14H18BrN3O. The molecule has 1 aliphatic heterocycles. The number of nitrogens with zero attached hydrogens (tertiary/aromatic N) is 1. The van der Waals surface area contributed by atoms with E-state index in [0.29, 0.717) is 11.1 Å². The summed E-state index contributed by atoms with van der Waals surface area (Å²) >= 11 is 3.34. The highest BCUT2D eigenvalue weighted by atomic mass is 79.9. The third kappa shape index (κ3) is 2.82. The Labute approximate surface area is 121 Å². The molecule has 1 spiro atoms. The number of aromatic nitrogens is 1. The third-order valence-corrected chi connectivity index (χ3v) is 4.68. The molecule has 1 aromatic rings. The number of halogens is 1. The normalized spacial score (nSPS) is 24.8. The number of nitrogens with one attached hydrogen (secondary N) is 2. The third-order valence-electron chi connectivity index (χ3n) is 4.24. The Balaban J connectivity index is 1.63. The molecule has 0 bridgehead atoms. The summed E-state index contributed by atoms with van der Waals surface area (Å²) in [7, 11) is 0. The fourth-order valence-corrected chi connectivity index (χ4v) is 3.43. The average Bonchev–Trinajstić information content (AvgIpc) is 2.37. The molecule has 1 aromatic heterocycles. The van der Waals surface area contributed by atoms with E-state index in [1.807, 2.05) is 6.07 Å². The van der Waals surface area contributed by atoms with Crippen molar-refractivity contribution in [2.24, 2.45) is 0 Å². The second kappa shape index (κ2) is 5.21. The van der Waals surface area contributed by atoms with Crippen LogP contribution in [0.15, 0.2) is 22.9 Å². The summed E-state index contributed by atoms with van der Waals surface area (Å²) in [5.41, 5.74) is 0.932. The Morgan fingerprint density at radius 1 is 1.47 bits per heavy atom. The predicted molar refractivity (Wildman–Crippen MR) is 77.0 cm³/mol. The van der Waals surface area contributed by atoms with Gasteiger partial charge in [-0.1, -0.05) is 0 Å². The smallest absolute Gasteiger partial charge is 0.253 e. The number of pyridine rings is 1. The lowest BCUT2D eigenvalue weighted by Gasteiger charge is -2.48. The molecule has 1 unspecified atom stereocenters. The first-order valence-electron chi connectivity index (χ1n) is 6.83. The monoisotopic (exact) mass is 323 g/mol. The van der Waals surface area contributed by atoms with Crippen molar-refractivity contribution in [1.82, 2.24) is 15.6 Å². The van der Waals surface area contributed by atoms with Crippen molar-refractivity contribution in [2.75, 3.05) is 6.54 Å². The van der Waals surface area contributed by atoms with Crippen LogP contribution in [-0.4, -0.2) is 29.0 Å². The van der Waals surface area contributed by atoms with Gasteiger partial charge in [0.15, 0.2) is 0 Å². The van der Waals surface area contributed by atoms with Gasteiger partial charge in [0.2, 0.25) is 0 Å². The Morgan fingerprint density at radius 2 is 2.32 bits per heavy atom. The quantitative estimate of drug-likeness (QED) is 0.877. The second-order valence-corrected chi connectivity index (χ2v) is 6.53. The molecule has 102 valence electrons. The van der Waals surface area contributed by atoms with Crippen LogP contribution in [0, 0.1) is 0 Å². The van der Waals surface area contributed by atoms with E-state index in [1.165, 1.54) is 19.3 Å². The molecule has 1 saturated heterocycles. The molecule has 2 heterocycles. The molecule has 0 radical (unpaired) electrons. The van der Waals surface area contributed by atoms with Gasteiger partial charge in [0.25, 0.3) is 5.91 Å². The Kier molecular flexibility index (Phi) is 3.58. The second-order valence-electron chi connectivity index (χ2n) is 5.62. The first kappa shape index (κ1) is 13.1. The van der Waals surface area contributed by atoms with Crippen molar-refractivity contribution in [3.8, 4) is 0 Å². The minimum Gasteiger partial charge on any atom is -0.349 e. The van der Waals surface area contributed by atoms with Gasteiger partial charge in [-0.15, -0.1) is 0 Å². The zero-order valence-electron chi connectivity index (χ0n) is 10.8. The Bertz CT molecular complexity index is 487. The summed E-state index contributed by atoms with van der Waals surface area (Å²) in [5.74, 6) is -0.0184. The molecular weight excluding hydrogens is 306 g/mol. The number of hydrogen-bond donors (Lipinski definition) is 2. The van der Waals surface area contributed by atoms with Gasteiger partial charge in [0.05, 0.1) is 5.56 Å². The Morgan fingerprint density at radius 3 is 3.00 bits per heavy atom. The number of piperidine rings is 1. The van der Waals surface area contributed by atoms with Gasteiger partial charge in [0, 0.05) is 28.4 Å². The van der Waals surface area contributed by atoms with E-state index in [4.69, 9.17) is 0 Å². The number of rotatable bonds is 2. The fourth-order valence-electron chi connectivity index (χ4n) is 3.07. The summed E-state index contributed by atoms with van der Waals surface area (Å²) in [5, 5.41) is 6.76. The van der Waals surface area contributed by atoms with Crippen molar-refractivity contribution in [1.29, 1.82) is 0 Å². The van der Waals surface area contributed by atoms with Gasteiger partial charge in [-0.25, -0.2) is 0 Å². The molecule has 2 aliphatic rings. The van der Waals surface area contributed by atoms with E-state index in [-0.39, 0.29) is 11.9 Å². The summed E-state index contributed by atoms with van der Waals surface area (Å²) < 4.78 is 0.834. The largest absolute Gasteiger partial charge is 0.349 e. The molecule has 1 amide bonds. The lowest BCUT2D eigenvalue weighted by Crippen LogP contribution is -2.59. The lowest BCUT2D eigenvalue weighted by atomic mass is 9.70. The molecule has 1 atom stereocenters. The first-order chi connectivity index (χ1) is 9.17. The van der Waals surface area contributed by atoms with E-state index in [9.17, 15) is 4.79 Å². The maximum atomic E-state index is 12.2. The summed E-state index contributed by atoms with van der Waals surface area (Å²) in [6.07, 6.45) is 9.17. The van der Waals surface area contributed by atoms with Crippen LogP contribution in [0.25, 0.3) is 0 Å². The maximum Gasteiger partial charge on any atom is 0.253 e.